The number of pyridine rings is 1. The lowest BCUT2D eigenvalue weighted by Crippen LogP contribution is -2.37. The molecule has 2 heterocycles. The van der Waals surface area contributed by atoms with Crippen LogP contribution in [0.4, 0.5) is 14.5 Å². The molecule has 1 aromatic carbocycles. The van der Waals surface area contributed by atoms with Gasteiger partial charge in [-0.3, -0.25) is 13.9 Å². The predicted molar refractivity (Wildman–Crippen MR) is 85.9 cm³/mol. The van der Waals surface area contributed by atoms with Crippen molar-refractivity contribution in [2.24, 2.45) is 14.1 Å². The van der Waals surface area contributed by atoms with E-state index in [0.717, 1.165) is 16.7 Å². The van der Waals surface area contributed by atoms with Crippen molar-refractivity contribution in [3.05, 3.63) is 68.5 Å². The lowest BCUT2D eigenvalue weighted by molar-refractivity contribution is 0.560. The van der Waals surface area contributed by atoms with Gasteiger partial charge in [0.1, 0.15) is 17.0 Å². The number of hydrogen-bond acceptors (Lipinski definition) is 4. The van der Waals surface area contributed by atoms with Crippen LogP contribution in [0.5, 0.6) is 0 Å². The summed E-state index contributed by atoms with van der Waals surface area (Å²) in [5.41, 5.74) is -0.625. The number of aryl methyl sites for hydroxylation is 1. The van der Waals surface area contributed by atoms with Gasteiger partial charge in [-0.15, -0.1) is 0 Å². The Bertz CT molecular complexity index is 1040. The molecule has 0 radical (unpaired) electrons. The Hall–Kier alpha value is -3.03. The number of aromatic nitrogens is 3. The molecule has 0 saturated carbocycles. The number of nitrogens with one attached hydrogen (secondary N) is 1. The summed E-state index contributed by atoms with van der Waals surface area (Å²) in [4.78, 5) is 28.4. The second-order valence-corrected chi connectivity index (χ2v) is 5.32. The summed E-state index contributed by atoms with van der Waals surface area (Å²) in [6.07, 6.45) is 1.42. The number of hydrogen-bond donors (Lipinski definition) is 1. The molecular formula is C16H14F2N4O2. The highest BCUT2D eigenvalue weighted by Gasteiger charge is 2.14. The van der Waals surface area contributed by atoms with Crippen molar-refractivity contribution in [2.75, 3.05) is 5.32 Å². The molecule has 1 N–H and O–H groups in total. The van der Waals surface area contributed by atoms with E-state index >= 15 is 0 Å². The molecule has 0 unspecified atom stereocenters. The molecule has 0 bridgehead atoms. The number of benzene rings is 1. The standard InChI is InChI=1S/C16H14F2N4O2/c1-21-14-13(15(23)22(2)16(21)24)12(6-7-19-14)20-8-9-10(17)4-3-5-11(9)18/h3-7H,8H2,1-2H3,(H,19,20). The molecule has 0 fully saturated rings. The lowest BCUT2D eigenvalue weighted by Gasteiger charge is -2.12. The van der Waals surface area contributed by atoms with Gasteiger partial charge in [0.25, 0.3) is 5.56 Å². The Morgan fingerprint density at radius 3 is 2.42 bits per heavy atom. The summed E-state index contributed by atoms with van der Waals surface area (Å²) in [6, 6.07) is 5.12. The minimum Gasteiger partial charge on any atom is -0.380 e. The monoisotopic (exact) mass is 332 g/mol. The molecule has 0 aliphatic carbocycles. The van der Waals surface area contributed by atoms with Crippen LogP contribution in [0.3, 0.4) is 0 Å². The van der Waals surface area contributed by atoms with Gasteiger partial charge in [0.05, 0.1) is 5.69 Å². The molecule has 0 atom stereocenters. The van der Waals surface area contributed by atoms with Crippen LogP contribution in [0.1, 0.15) is 5.56 Å². The third-order valence-electron chi connectivity index (χ3n) is 3.86. The fourth-order valence-corrected chi connectivity index (χ4v) is 2.52. The van der Waals surface area contributed by atoms with E-state index < -0.39 is 22.9 Å². The second-order valence-electron chi connectivity index (χ2n) is 5.32. The van der Waals surface area contributed by atoms with Crippen molar-refractivity contribution in [1.82, 2.24) is 14.1 Å². The van der Waals surface area contributed by atoms with Gasteiger partial charge in [0.2, 0.25) is 0 Å². The summed E-state index contributed by atoms with van der Waals surface area (Å²) in [5.74, 6) is -1.36. The van der Waals surface area contributed by atoms with E-state index in [2.05, 4.69) is 10.3 Å². The highest BCUT2D eigenvalue weighted by atomic mass is 19.1. The normalized spacial score (nSPS) is 11.0. The Kier molecular flexibility index (Phi) is 3.88. The summed E-state index contributed by atoms with van der Waals surface area (Å²) >= 11 is 0. The summed E-state index contributed by atoms with van der Waals surface area (Å²) in [6.45, 7) is -0.149. The molecule has 0 spiro atoms. The first-order valence-electron chi connectivity index (χ1n) is 7.13. The SMILES string of the molecule is Cn1c(=O)c2c(NCc3c(F)cccc3F)ccnc2n(C)c1=O. The number of fused-ring (bicyclic) bond motifs is 1. The van der Waals surface area contributed by atoms with Crippen LogP contribution in [-0.2, 0) is 20.6 Å². The summed E-state index contributed by atoms with van der Waals surface area (Å²) in [7, 11) is 2.86. The zero-order valence-corrected chi connectivity index (χ0v) is 13.0. The molecule has 0 amide bonds. The highest BCUT2D eigenvalue weighted by Crippen LogP contribution is 2.19. The Morgan fingerprint density at radius 2 is 1.75 bits per heavy atom. The first-order chi connectivity index (χ1) is 11.4. The largest absolute Gasteiger partial charge is 0.380 e. The molecule has 6 nitrogen and oxygen atoms in total. The van der Waals surface area contributed by atoms with E-state index in [4.69, 9.17) is 0 Å². The quantitative estimate of drug-likeness (QED) is 0.790. The maximum atomic E-state index is 13.7. The molecule has 8 heteroatoms. The first kappa shape index (κ1) is 15.9. The van der Waals surface area contributed by atoms with Crippen LogP contribution in [0, 0.1) is 11.6 Å². The van der Waals surface area contributed by atoms with Crippen molar-refractivity contribution >= 4 is 16.7 Å². The molecule has 124 valence electrons. The highest BCUT2D eigenvalue weighted by molar-refractivity contribution is 5.88. The van der Waals surface area contributed by atoms with Gasteiger partial charge in [0.15, 0.2) is 5.65 Å². The van der Waals surface area contributed by atoms with E-state index in [1.165, 1.54) is 37.0 Å². The topological polar surface area (TPSA) is 68.9 Å². The molecular weight excluding hydrogens is 318 g/mol. The van der Waals surface area contributed by atoms with E-state index in [1.807, 2.05) is 0 Å². The maximum Gasteiger partial charge on any atom is 0.332 e. The molecule has 3 aromatic rings. The molecule has 0 saturated heterocycles. The minimum absolute atomic E-state index is 0.135. The van der Waals surface area contributed by atoms with Crippen molar-refractivity contribution < 1.29 is 8.78 Å². The molecule has 24 heavy (non-hydrogen) atoms. The van der Waals surface area contributed by atoms with Gasteiger partial charge in [-0.25, -0.2) is 18.6 Å². The summed E-state index contributed by atoms with van der Waals surface area (Å²) < 4.78 is 29.6. The van der Waals surface area contributed by atoms with Crippen molar-refractivity contribution in [3.63, 3.8) is 0 Å². The van der Waals surface area contributed by atoms with Crippen LogP contribution in [0.2, 0.25) is 0 Å². The zero-order chi connectivity index (χ0) is 17.4. The zero-order valence-electron chi connectivity index (χ0n) is 13.0. The van der Waals surface area contributed by atoms with Gasteiger partial charge >= 0.3 is 5.69 Å². The fraction of sp³-hybridized carbons (Fsp3) is 0.188. The lowest BCUT2D eigenvalue weighted by atomic mass is 10.2. The molecule has 3 rings (SSSR count). The van der Waals surface area contributed by atoms with Crippen molar-refractivity contribution in [2.45, 2.75) is 6.54 Å². The van der Waals surface area contributed by atoms with E-state index in [9.17, 15) is 18.4 Å². The Morgan fingerprint density at radius 1 is 1.08 bits per heavy atom. The van der Waals surface area contributed by atoms with Gasteiger partial charge in [-0.2, -0.15) is 0 Å². The fourth-order valence-electron chi connectivity index (χ4n) is 2.52. The van der Waals surface area contributed by atoms with Gasteiger partial charge in [-0.1, -0.05) is 6.07 Å². The number of rotatable bonds is 3. The van der Waals surface area contributed by atoms with Crippen LogP contribution in [0.25, 0.3) is 11.0 Å². The number of anilines is 1. The molecule has 0 aliphatic rings. The van der Waals surface area contributed by atoms with E-state index in [-0.39, 0.29) is 23.1 Å². The Labute approximate surface area is 135 Å². The van der Waals surface area contributed by atoms with Crippen LogP contribution >= 0.6 is 0 Å². The summed E-state index contributed by atoms with van der Waals surface area (Å²) in [5, 5.41) is 3.03. The number of nitrogens with zero attached hydrogens (tertiary/aromatic N) is 3. The number of halogens is 2. The predicted octanol–water partition coefficient (Wildman–Crippen LogP) is 1.52. The van der Waals surface area contributed by atoms with Crippen LogP contribution in [0.15, 0.2) is 40.1 Å². The average molecular weight is 332 g/mol. The van der Waals surface area contributed by atoms with Gasteiger partial charge in [0, 0.05) is 32.4 Å². The van der Waals surface area contributed by atoms with E-state index in [0.29, 0.717) is 5.69 Å². The van der Waals surface area contributed by atoms with Crippen molar-refractivity contribution in [3.8, 4) is 0 Å². The maximum absolute atomic E-state index is 13.7. The second kappa shape index (κ2) is 5.88. The Balaban J connectivity index is 2.11. The third-order valence-corrected chi connectivity index (χ3v) is 3.86. The molecule has 0 aliphatic heterocycles. The smallest absolute Gasteiger partial charge is 0.332 e. The van der Waals surface area contributed by atoms with Gasteiger partial charge in [-0.05, 0) is 18.2 Å². The van der Waals surface area contributed by atoms with Gasteiger partial charge < -0.3 is 5.32 Å². The van der Waals surface area contributed by atoms with E-state index in [1.54, 1.807) is 0 Å². The first-order valence-corrected chi connectivity index (χ1v) is 7.13. The minimum atomic E-state index is -0.679. The molecule has 2 aromatic heterocycles. The third kappa shape index (κ3) is 2.45. The average Bonchev–Trinajstić information content (AvgIpc) is 2.57. The van der Waals surface area contributed by atoms with Crippen LogP contribution in [-0.4, -0.2) is 14.1 Å². The van der Waals surface area contributed by atoms with Crippen molar-refractivity contribution in [1.29, 1.82) is 0 Å². The van der Waals surface area contributed by atoms with Crippen LogP contribution < -0.4 is 16.6 Å².